The highest BCUT2D eigenvalue weighted by molar-refractivity contribution is 5.84. The van der Waals surface area contributed by atoms with Gasteiger partial charge in [-0.25, -0.2) is 0 Å². The number of aliphatic hydroxyl groups is 1. The van der Waals surface area contributed by atoms with Crippen LogP contribution in [0.4, 0.5) is 26.3 Å². The van der Waals surface area contributed by atoms with Gasteiger partial charge in [0.15, 0.2) is 0 Å². The maximum atomic E-state index is 13.6. The first kappa shape index (κ1) is 33.0. The second kappa shape index (κ2) is 13.2. The van der Waals surface area contributed by atoms with Crippen LogP contribution in [-0.4, -0.2) is 35.1 Å². The van der Waals surface area contributed by atoms with Gasteiger partial charge in [-0.3, -0.25) is 9.69 Å². The highest BCUT2D eigenvalue weighted by atomic mass is 19.4. The van der Waals surface area contributed by atoms with Crippen molar-refractivity contribution in [1.29, 1.82) is 0 Å². The lowest BCUT2D eigenvalue weighted by atomic mass is 9.67. The lowest BCUT2D eigenvalue weighted by Crippen LogP contribution is -2.52. The van der Waals surface area contributed by atoms with E-state index < -0.39 is 46.9 Å². The van der Waals surface area contributed by atoms with Crippen LogP contribution in [0, 0.1) is 11.8 Å². The van der Waals surface area contributed by atoms with Crippen LogP contribution < -0.4 is 5.32 Å². The molecule has 10 heteroatoms. The van der Waals surface area contributed by atoms with Crippen molar-refractivity contribution >= 4 is 5.91 Å². The molecule has 5 rings (SSSR count). The highest BCUT2D eigenvalue weighted by Crippen LogP contribution is 2.45. The standard InChI is InChI=1S/C35H38F6N2O2/c1-23(26-18-28(34(36,37)38)20-29(19-26)35(39,40)41)32(45)42-33(27-10-6-3-7-11-27)15-12-25(13-16-33)30-14-17-43(22-31(30)44)21-24-8-4-2-5-9-24/h2-11,18-20,23,25,30-31,44H,12-17,21-22H2,1H3,(H,42,45)/t23?,25-,30?,31?,33-. The van der Waals surface area contributed by atoms with E-state index in [1.807, 2.05) is 48.5 Å². The third-order valence-corrected chi connectivity index (χ3v) is 9.65. The number of likely N-dealkylation sites (tertiary alicyclic amines) is 1. The van der Waals surface area contributed by atoms with Gasteiger partial charge in [-0.1, -0.05) is 60.7 Å². The molecule has 0 spiro atoms. The topological polar surface area (TPSA) is 52.6 Å². The minimum atomic E-state index is -5.00. The molecule has 0 aromatic heterocycles. The first-order valence-corrected chi connectivity index (χ1v) is 15.4. The molecule has 1 saturated heterocycles. The Balaban J connectivity index is 1.31. The molecule has 4 nitrogen and oxygen atoms in total. The molecule has 242 valence electrons. The van der Waals surface area contributed by atoms with E-state index >= 15 is 0 Å². The Morgan fingerprint density at radius 1 is 0.889 bits per heavy atom. The van der Waals surface area contributed by atoms with E-state index in [4.69, 9.17) is 0 Å². The molecule has 45 heavy (non-hydrogen) atoms. The molecule has 1 aliphatic heterocycles. The van der Waals surface area contributed by atoms with Crippen LogP contribution in [0.25, 0.3) is 0 Å². The van der Waals surface area contributed by atoms with Gasteiger partial charge in [-0.2, -0.15) is 26.3 Å². The molecular formula is C35H38F6N2O2. The number of carbonyl (C=O) groups excluding carboxylic acids is 1. The Labute approximate surface area is 259 Å². The molecule has 2 fully saturated rings. The van der Waals surface area contributed by atoms with Crippen molar-refractivity contribution in [2.45, 2.75) is 75.5 Å². The molecule has 0 radical (unpaired) electrons. The van der Waals surface area contributed by atoms with E-state index in [-0.39, 0.29) is 23.5 Å². The van der Waals surface area contributed by atoms with Crippen molar-refractivity contribution < 1.29 is 36.2 Å². The summed E-state index contributed by atoms with van der Waals surface area (Å²) >= 11 is 0. The average Bonchev–Trinajstić information content (AvgIpc) is 3.01. The number of alkyl halides is 6. The van der Waals surface area contributed by atoms with E-state index in [2.05, 4.69) is 22.3 Å². The average molecular weight is 633 g/mol. The van der Waals surface area contributed by atoms with Gasteiger partial charge in [-0.05, 0) is 92.3 Å². The van der Waals surface area contributed by atoms with Gasteiger partial charge in [0, 0.05) is 13.1 Å². The predicted octanol–water partition coefficient (Wildman–Crippen LogP) is 7.91. The fourth-order valence-electron chi connectivity index (χ4n) is 7.08. The van der Waals surface area contributed by atoms with Crippen molar-refractivity contribution in [3.8, 4) is 0 Å². The molecule has 3 unspecified atom stereocenters. The van der Waals surface area contributed by atoms with Crippen LogP contribution in [0.3, 0.4) is 0 Å². The Bertz CT molecular complexity index is 1400. The summed E-state index contributed by atoms with van der Waals surface area (Å²) in [6.45, 7) is 3.54. The number of piperidine rings is 1. The number of halogens is 6. The number of nitrogens with one attached hydrogen (secondary N) is 1. The van der Waals surface area contributed by atoms with Gasteiger partial charge in [0.05, 0.1) is 28.7 Å². The number of benzene rings is 3. The third-order valence-electron chi connectivity index (χ3n) is 9.65. The predicted molar refractivity (Wildman–Crippen MR) is 159 cm³/mol. The summed E-state index contributed by atoms with van der Waals surface area (Å²) in [4.78, 5) is 15.9. The van der Waals surface area contributed by atoms with Crippen LogP contribution in [0.15, 0.2) is 78.9 Å². The molecule has 2 N–H and O–H groups in total. The lowest BCUT2D eigenvalue weighted by molar-refractivity contribution is -0.143. The number of nitrogens with zero attached hydrogens (tertiary/aromatic N) is 1. The fraction of sp³-hybridized carbons (Fsp3) is 0.457. The van der Waals surface area contributed by atoms with Crippen molar-refractivity contribution in [2.75, 3.05) is 13.1 Å². The second-order valence-electron chi connectivity index (χ2n) is 12.6. The largest absolute Gasteiger partial charge is 0.416 e. The summed E-state index contributed by atoms with van der Waals surface area (Å²) in [5, 5.41) is 14.2. The van der Waals surface area contributed by atoms with Gasteiger partial charge in [0.25, 0.3) is 0 Å². The Hall–Kier alpha value is -3.37. The number of rotatable bonds is 7. The number of amides is 1. The highest BCUT2D eigenvalue weighted by Gasteiger charge is 2.44. The molecule has 3 atom stereocenters. The first-order valence-electron chi connectivity index (χ1n) is 15.4. The minimum Gasteiger partial charge on any atom is -0.391 e. The number of aliphatic hydroxyl groups excluding tert-OH is 1. The summed E-state index contributed by atoms with van der Waals surface area (Å²) in [6.07, 6.45) is -7.15. The number of hydrogen-bond donors (Lipinski definition) is 2. The SMILES string of the molecule is CC(C(=O)N[C@]1(c2ccccc2)CC[C@@H](C2CCN(Cc3ccccc3)CC2O)CC1)c1cc(C(F)(F)F)cc(C(F)(F)F)c1. The van der Waals surface area contributed by atoms with Crippen molar-refractivity contribution in [3.05, 3.63) is 107 Å². The summed E-state index contributed by atoms with van der Waals surface area (Å²) in [5.41, 5.74) is -2.05. The van der Waals surface area contributed by atoms with Gasteiger partial charge < -0.3 is 10.4 Å². The quantitative estimate of drug-likeness (QED) is 0.261. The zero-order valence-corrected chi connectivity index (χ0v) is 25.0. The summed E-state index contributed by atoms with van der Waals surface area (Å²) in [5.74, 6) is -1.57. The smallest absolute Gasteiger partial charge is 0.391 e. The number of hydrogen-bond acceptors (Lipinski definition) is 3. The minimum absolute atomic E-state index is 0.0709. The zero-order chi connectivity index (χ0) is 32.4. The van der Waals surface area contributed by atoms with Crippen LogP contribution >= 0.6 is 0 Å². The van der Waals surface area contributed by atoms with Gasteiger partial charge in [-0.15, -0.1) is 0 Å². The molecule has 3 aromatic carbocycles. The summed E-state index contributed by atoms with van der Waals surface area (Å²) in [7, 11) is 0. The maximum absolute atomic E-state index is 13.6. The lowest BCUT2D eigenvalue weighted by Gasteiger charge is -2.46. The second-order valence-corrected chi connectivity index (χ2v) is 12.6. The third kappa shape index (κ3) is 7.72. The zero-order valence-electron chi connectivity index (χ0n) is 25.0. The van der Waals surface area contributed by atoms with Crippen molar-refractivity contribution in [2.24, 2.45) is 11.8 Å². The molecule has 2 aliphatic rings. The first-order chi connectivity index (χ1) is 21.2. The maximum Gasteiger partial charge on any atom is 0.416 e. The van der Waals surface area contributed by atoms with Crippen molar-refractivity contribution in [1.82, 2.24) is 10.2 Å². The van der Waals surface area contributed by atoms with Crippen LogP contribution in [0.2, 0.25) is 0 Å². The molecule has 1 saturated carbocycles. The van der Waals surface area contributed by atoms with Crippen molar-refractivity contribution in [3.63, 3.8) is 0 Å². The Morgan fingerprint density at radius 3 is 1.98 bits per heavy atom. The van der Waals surface area contributed by atoms with E-state index in [9.17, 15) is 36.2 Å². The van der Waals surface area contributed by atoms with Gasteiger partial charge in [0.2, 0.25) is 5.91 Å². The summed E-state index contributed by atoms with van der Waals surface area (Å²) in [6, 6.07) is 20.7. The Morgan fingerprint density at radius 2 is 1.44 bits per heavy atom. The van der Waals surface area contributed by atoms with Gasteiger partial charge in [0.1, 0.15) is 0 Å². The number of carbonyl (C=O) groups is 1. The van der Waals surface area contributed by atoms with E-state index in [0.29, 0.717) is 44.4 Å². The fourth-order valence-corrected chi connectivity index (χ4v) is 7.08. The van der Waals surface area contributed by atoms with Crippen LogP contribution in [0.5, 0.6) is 0 Å². The molecular weight excluding hydrogens is 594 g/mol. The molecule has 1 aliphatic carbocycles. The molecule has 1 heterocycles. The normalized spacial score (nSPS) is 25.5. The van der Waals surface area contributed by atoms with Crippen LogP contribution in [0.1, 0.15) is 72.8 Å². The van der Waals surface area contributed by atoms with Gasteiger partial charge >= 0.3 is 12.4 Å². The number of β-amino-alcohol motifs (C(OH)–C–C–N with tert-alkyl or cyclic N) is 1. The van der Waals surface area contributed by atoms with Crippen LogP contribution in [-0.2, 0) is 29.2 Å². The molecule has 1 amide bonds. The van der Waals surface area contributed by atoms with E-state index in [0.717, 1.165) is 25.1 Å². The monoisotopic (exact) mass is 632 g/mol. The Kier molecular flexibility index (Phi) is 9.65. The summed E-state index contributed by atoms with van der Waals surface area (Å²) < 4.78 is 81.0. The van der Waals surface area contributed by atoms with E-state index in [1.165, 1.54) is 12.5 Å². The molecule has 3 aromatic rings. The molecule has 0 bridgehead atoms. The van der Waals surface area contributed by atoms with E-state index in [1.54, 1.807) is 0 Å².